The Labute approximate surface area is 157 Å². The monoisotopic (exact) mass is 369 g/mol. The molecule has 2 aromatic carbocycles. The van der Waals surface area contributed by atoms with Crippen LogP contribution >= 0.6 is 11.6 Å². The molecule has 0 spiro atoms. The Kier molecular flexibility index (Phi) is 4.55. The van der Waals surface area contributed by atoms with Gasteiger partial charge in [-0.05, 0) is 55.2 Å². The summed E-state index contributed by atoms with van der Waals surface area (Å²) in [4.78, 5) is 26.8. The Morgan fingerprint density at radius 2 is 2.04 bits per heavy atom. The molecule has 0 unspecified atom stereocenters. The second kappa shape index (κ2) is 7.00. The third-order valence-corrected chi connectivity index (χ3v) is 5.25. The summed E-state index contributed by atoms with van der Waals surface area (Å²) in [6, 6.07) is 13.0. The van der Waals surface area contributed by atoms with E-state index in [0.29, 0.717) is 17.1 Å². The van der Waals surface area contributed by atoms with E-state index in [9.17, 15) is 9.59 Å². The lowest BCUT2D eigenvalue weighted by Crippen LogP contribution is -2.44. The lowest BCUT2D eigenvalue weighted by atomic mass is 10.1. The number of carbonyl (C=O) groups excluding carboxylic acids is 2. The number of carbonyl (C=O) groups is 2. The maximum absolute atomic E-state index is 12.4. The quantitative estimate of drug-likeness (QED) is 0.869. The Bertz CT molecular complexity index is 851. The predicted molar refractivity (Wildman–Crippen MR) is 103 cm³/mol. The van der Waals surface area contributed by atoms with Crippen molar-refractivity contribution >= 4 is 34.8 Å². The molecule has 1 saturated heterocycles. The van der Waals surface area contributed by atoms with Crippen LogP contribution in [0.1, 0.15) is 28.8 Å². The van der Waals surface area contributed by atoms with Crippen LogP contribution in [0.15, 0.2) is 42.5 Å². The largest absolute Gasteiger partial charge is 0.358 e. The van der Waals surface area contributed by atoms with Gasteiger partial charge in [-0.3, -0.25) is 9.59 Å². The van der Waals surface area contributed by atoms with Crippen molar-refractivity contribution in [2.75, 3.05) is 23.3 Å². The molecule has 2 N–H and O–H groups in total. The smallest absolute Gasteiger partial charge is 0.251 e. The molecule has 0 aliphatic carbocycles. The van der Waals surface area contributed by atoms with Crippen molar-refractivity contribution in [3.63, 3.8) is 0 Å². The SMILES string of the molecule is O=C(NCCc1ccc(Cl)cc1)c1ccc2c(c1)NC(=O)[C@@H]1CCCN21. The molecule has 2 heterocycles. The van der Waals surface area contributed by atoms with Crippen LogP contribution in [0.5, 0.6) is 0 Å². The summed E-state index contributed by atoms with van der Waals surface area (Å²) >= 11 is 5.88. The zero-order valence-electron chi connectivity index (χ0n) is 14.3. The van der Waals surface area contributed by atoms with Crippen molar-refractivity contribution in [3.05, 3.63) is 58.6 Å². The van der Waals surface area contributed by atoms with Gasteiger partial charge in [0, 0.05) is 23.7 Å². The summed E-state index contributed by atoms with van der Waals surface area (Å²) in [6.45, 7) is 1.43. The van der Waals surface area contributed by atoms with Gasteiger partial charge < -0.3 is 15.5 Å². The lowest BCUT2D eigenvalue weighted by molar-refractivity contribution is -0.117. The topological polar surface area (TPSA) is 61.4 Å². The molecule has 2 aliphatic heterocycles. The molecule has 2 amide bonds. The minimum absolute atomic E-state index is 0.0234. The number of nitrogens with one attached hydrogen (secondary N) is 2. The number of halogens is 1. The van der Waals surface area contributed by atoms with E-state index in [0.717, 1.165) is 42.7 Å². The fourth-order valence-electron chi connectivity index (χ4n) is 3.65. The first-order valence-electron chi connectivity index (χ1n) is 8.86. The van der Waals surface area contributed by atoms with Gasteiger partial charge >= 0.3 is 0 Å². The summed E-state index contributed by atoms with van der Waals surface area (Å²) in [5.74, 6) is -0.116. The molecule has 5 nitrogen and oxygen atoms in total. The first-order valence-corrected chi connectivity index (χ1v) is 9.24. The summed E-state index contributed by atoms with van der Waals surface area (Å²) < 4.78 is 0. The van der Waals surface area contributed by atoms with E-state index in [-0.39, 0.29) is 17.9 Å². The Morgan fingerprint density at radius 3 is 2.85 bits per heavy atom. The van der Waals surface area contributed by atoms with Gasteiger partial charge in [0.05, 0.1) is 11.4 Å². The van der Waals surface area contributed by atoms with Crippen LogP contribution in [0.2, 0.25) is 5.02 Å². The van der Waals surface area contributed by atoms with Crippen molar-refractivity contribution in [1.29, 1.82) is 0 Å². The number of nitrogens with zero attached hydrogens (tertiary/aromatic N) is 1. The minimum Gasteiger partial charge on any atom is -0.358 e. The number of hydrogen-bond acceptors (Lipinski definition) is 3. The summed E-state index contributed by atoms with van der Waals surface area (Å²) in [7, 11) is 0. The van der Waals surface area contributed by atoms with Gasteiger partial charge in [-0.25, -0.2) is 0 Å². The van der Waals surface area contributed by atoms with Crippen molar-refractivity contribution < 1.29 is 9.59 Å². The molecule has 1 atom stereocenters. The molecule has 0 saturated carbocycles. The highest BCUT2D eigenvalue weighted by Gasteiger charge is 2.36. The standard InChI is InChI=1S/C20H20ClN3O2/c21-15-6-3-13(4-7-15)9-10-22-19(25)14-5-8-17-16(12-14)23-20(26)18-2-1-11-24(17)18/h3-8,12,18H,1-2,9-11H2,(H,22,25)(H,23,26)/t18-/m0/s1. The van der Waals surface area contributed by atoms with E-state index in [1.807, 2.05) is 36.4 Å². The first-order chi connectivity index (χ1) is 12.6. The van der Waals surface area contributed by atoms with Crippen LogP contribution in [-0.2, 0) is 11.2 Å². The second-order valence-electron chi connectivity index (χ2n) is 6.70. The van der Waals surface area contributed by atoms with Crippen LogP contribution < -0.4 is 15.5 Å². The number of benzene rings is 2. The highest BCUT2D eigenvalue weighted by Crippen LogP contribution is 2.37. The van der Waals surface area contributed by atoms with Crippen molar-refractivity contribution in [3.8, 4) is 0 Å². The molecule has 0 radical (unpaired) electrons. The maximum Gasteiger partial charge on any atom is 0.251 e. The average Bonchev–Trinajstić information content (AvgIpc) is 3.13. The molecule has 4 rings (SSSR count). The molecule has 0 bridgehead atoms. The van der Waals surface area contributed by atoms with Crippen molar-refractivity contribution in [2.45, 2.75) is 25.3 Å². The van der Waals surface area contributed by atoms with Gasteiger partial charge in [-0.1, -0.05) is 23.7 Å². The van der Waals surface area contributed by atoms with E-state index >= 15 is 0 Å². The zero-order chi connectivity index (χ0) is 18.1. The molecule has 1 fully saturated rings. The normalized spacial score (nSPS) is 18.1. The van der Waals surface area contributed by atoms with Crippen molar-refractivity contribution in [1.82, 2.24) is 5.32 Å². The lowest BCUT2D eigenvalue weighted by Gasteiger charge is -2.33. The molecule has 26 heavy (non-hydrogen) atoms. The Morgan fingerprint density at radius 1 is 1.23 bits per heavy atom. The molecular weight excluding hydrogens is 350 g/mol. The van der Waals surface area contributed by atoms with Gasteiger partial charge in [0.15, 0.2) is 0 Å². The Hall–Kier alpha value is -2.53. The molecule has 0 aromatic heterocycles. The highest BCUT2D eigenvalue weighted by atomic mass is 35.5. The van der Waals surface area contributed by atoms with Crippen LogP contribution in [0.4, 0.5) is 11.4 Å². The first kappa shape index (κ1) is 16.9. The van der Waals surface area contributed by atoms with E-state index in [2.05, 4.69) is 15.5 Å². The molecular formula is C20H20ClN3O2. The van der Waals surface area contributed by atoms with Crippen LogP contribution in [0.25, 0.3) is 0 Å². The summed E-state index contributed by atoms with van der Waals surface area (Å²) in [5, 5.41) is 6.57. The maximum atomic E-state index is 12.4. The Balaban J connectivity index is 1.41. The van der Waals surface area contributed by atoms with Gasteiger partial charge in [0.2, 0.25) is 5.91 Å². The molecule has 2 aliphatic rings. The number of rotatable bonds is 4. The summed E-state index contributed by atoms with van der Waals surface area (Å²) in [5.41, 5.74) is 3.40. The minimum atomic E-state index is -0.139. The van der Waals surface area contributed by atoms with Gasteiger partial charge in [-0.2, -0.15) is 0 Å². The third-order valence-electron chi connectivity index (χ3n) is 4.99. The number of anilines is 2. The van der Waals surface area contributed by atoms with Crippen LogP contribution in [-0.4, -0.2) is 30.9 Å². The van der Waals surface area contributed by atoms with Gasteiger partial charge in [-0.15, -0.1) is 0 Å². The summed E-state index contributed by atoms with van der Waals surface area (Å²) in [6.07, 6.45) is 2.64. The third kappa shape index (κ3) is 3.27. The van der Waals surface area contributed by atoms with Gasteiger partial charge in [0.25, 0.3) is 5.91 Å². The second-order valence-corrected chi connectivity index (χ2v) is 7.14. The molecule has 2 aromatic rings. The van der Waals surface area contributed by atoms with Crippen LogP contribution in [0, 0.1) is 0 Å². The van der Waals surface area contributed by atoms with E-state index in [4.69, 9.17) is 11.6 Å². The zero-order valence-corrected chi connectivity index (χ0v) is 15.1. The number of fused-ring (bicyclic) bond motifs is 3. The van der Waals surface area contributed by atoms with E-state index in [1.165, 1.54) is 0 Å². The van der Waals surface area contributed by atoms with Gasteiger partial charge in [0.1, 0.15) is 6.04 Å². The average molecular weight is 370 g/mol. The highest BCUT2D eigenvalue weighted by molar-refractivity contribution is 6.30. The van der Waals surface area contributed by atoms with Crippen LogP contribution in [0.3, 0.4) is 0 Å². The number of amides is 2. The van der Waals surface area contributed by atoms with Crippen molar-refractivity contribution in [2.24, 2.45) is 0 Å². The molecule has 6 heteroatoms. The fourth-order valence-corrected chi connectivity index (χ4v) is 3.77. The predicted octanol–water partition coefficient (Wildman–Crippen LogP) is 3.23. The van der Waals surface area contributed by atoms with E-state index in [1.54, 1.807) is 6.07 Å². The molecule has 134 valence electrons. The fraction of sp³-hybridized carbons (Fsp3) is 0.300. The number of hydrogen-bond donors (Lipinski definition) is 2. The van der Waals surface area contributed by atoms with E-state index < -0.39 is 0 Å².